The van der Waals surface area contributed by atoms with E-state index in [0.717, 1.165) is 6.42 Å². The van der Waals surface area contributed by atoms with E-state index in [9.17, 15) is 0 Å². The molecule has 2 nitrogen and oxygen atoms in total. The Morgan fingerprint density at radius 2 is 1.67 bits per heavy atom. The summed E-state index contributed by atoms with van der Waals surface area (Å²) in [6.07, 6.45) is 9.13. The molecule has 0 heterocycles. The number of ether oxygens (including phenoxy) is 1. The summed E-state index contributed by atoms with van der Waals surface area (Å²) >= 11 is 4.69. The first-order valence-electron chi connectivity index (χ1n) is 6.78. The fourth-order valence-electron chi connectivity index (χ4n) is 1.95. The largest absolute Gasteiger partial charge is 0.432 e. The van der Waals surface area contributed by atoms with Gasteiger partial charge >= 0.3 is 0 Å². The monoisotopic (exact) mass is 265 g/mol. The van der Waals surface area contributed by atoms with Crippen LogP contribution in [-0.2, 0) is 6.42 Å². The Bertz CT molecular complexity index is 348. The first-order chi connectivity index (χ1) is 8.72. The molecular weight excluding hydrogens is 242 g/mol. The molecule has 0 bridgehead atoms. The van der Waals surface area contributed by atoms with E-state index in [0.29, 0.717) is 5.75 Å². The molecule has 0 spiro atoms. The van der Waals surface area contributed by atoms with Gasteiger partial charge in [0.25, 0.3) is 5.17 Å². The van der Waals surface area contributed by atoms with Gasteiger partial charge in [-0.05, 0) is 42.8 Å². The number of thiocarbonyl (C=S) groups is 1. The molecule has 0 radical (unpaired) electrons. The van der Waals surface area contributed by atoms with Crippen molar-refractivity contribution < 1.29 is 4.74 Å². The van der Waals surface area contributed by atoms with E-state index in [2.05, 4.69) is 31.3 Å². The molecule has 0 aliphatic rings. The van der Waals surface area contributed by atoms with Gasteiger partial charge in [0.15, 0.2) is 0 Å². The molecule has 0 saturated heterocycles. The van der Waals surface area contributed by atoms with Crippen molar-refractivity contribution in [1.82, 2.24) is 0 Å². The van der Waals surface area contributed by atoms with E-state index in [4.69, 9.17) is 10.5 Å². The van der Waals surface area contributed by atoms with Gasteiger partial charge in [0.05, 0.1) is 0 Å². The molecular formula is C15H23NOS. The third-order valence-electron chi connectivity index (χ3n) is 2.96. The minimum atomic E-state index is 0.0682. The molecule has 0 saturated carbocycles. The lowest BCUT2D eigenvalue weighted by Crippen LogP contribution is -2.15. The molecule has 0 aliphatic heterocycles. The van der Waals surface area contributed by atoms with Crippen LogP contribution in [0.5, 0.6) is 5.75 Å². The minimum absolute atomic E-state index is 0.0682. The average Bonchev–Trinajstić information content (AvgIpc) is 2.35. The van der Waals surface area contributed by atoms with Crippen LogP contribution < -0.4 is 10.5 Å². The Labute approximate surface area is 116 Å². The lowest BCUT2D eigenvalue weighted by molar-refractivity contribution is 0.556. The number of hydrogen-bond acceptors (Lipinski definition) is 2. The van der Waals surface area contributed by atoms with E-state index in [1.807, 2.05) is 12.1 Å². The van der Waals surface area contributed by atoms with Crippen LogP contribution in [-0.4, -0.2) is 5.17 Å². The Morgan fingerprint density at radius 1 is 1.06 bits per heavy atom. The number of rotatable bonds is 8. The van der Waals surface area contributed by atoms with Gasteiger partial charge in [-0.25, -0.2) is 0 Å². The summed E-state index contributed by atoms with van der Waals surface area (Å²) in [6.45, 7) is 2.25. The molecule has 0 atom stereocenters. The maximum atomic E-state index is 5.31. The van der Waals surface area contributed by atoms with Crippen molar-refractivity contribution in [3.63, 3.8) is 0 Å². The summed E-state index contributed by atoms with van der Waals surface area (Å²) in [5.41, 5.74) is 6.66. The molecule has 1 aromatic carbocycles. The highest BCUT2D eigenvalue weighted by Gasteiger charge is 1.97. The third kappa shape index (κ3) is 6.60. The summed E-state index contributed by atoms with van der Waals surface area (Å²) in [5, 5.41) is 0.0682. The quantitative estimate of drug-likeness (QED) is 0.565. The number of unbranched alkanes of at least 4 members (excludes halogenated alkanes) is 5. The molecule has 100 valence electrons. The summed E-state index contributed by atoms with van der Waals surface area (Å²) in [7, 11) is 0. The zero-order valence-corrected chi connectivity index (χ0v) is 12.0. The van der Waals surface area contributed by atoms with Gasteiger partial charge in [0.1, 0.15) is 5.75 Å². The smallest absolute Gasteiger partial charge is 0.259 e. The first-order valence-corrected chi connectivity index (χ1v) is 7.19. The van der Waals surface area contributed by atoms with Crippen LogP contribution >= 0.6 is 12.2 Å². The van der Waals surface area contributed by atoms with Crippen LogP contribution in [0.3, 0.4) is 0 Å². The Kier molecular flexibility index (Phi) is 7.42. The second-order valence-electron chi connectivity index (χ2n) is 4.58. The lowest BCUT2D eigenvalue weighted by Gasteiger charge is -2.05. The van der Waals surface area contributed by atoms with Crippen molar-refractivity contribution >= 4 is 17.4 Å². The highest BCUT2D eigenvalue weighted by atomic mass is 32.1. The van der Waals surface area contributed by atoms with Gasteiger partial charge in [-0.15, -0.1) is 0 Å². The second-order valence-corrected chi connectivity index (χ2v) is 4.99. The molecule has 3 heteroatoms. The van der Waals surface area contributed by atoms with Crippen molar-refractivity contribution in [3.05, 3.63) is 29.8 Å². The van der Waals surface area contributed by atoms with Crippen LogP contribution in [0.25, 0.3) is 0 Å². The van der Waals surface area contributed by atoms with E-state index in [-0.39, 0.29) is 5.17 Å². The standard InChI is InChI=1S/C15H23NOS/c1-2-3-4-5-6-7-8-13-9-11-14(12-10-13)17-15(16)18/h9-12H,2-8H2,1H3,(H2,16,18). The van der Waals surface area contributed by atoms with Crippen molar-refractivity contribution in [2.45, 2.75) is 51.9 Å². The van der Waals surface area contributed by atoms with E-state index < -0.39 is 0 Å². The molecule has 18 heavy (non-hydrogen) atoms. The lowest BCUT2D eigenvalue weighted by atomic mass is 10.1. The third-order valence-corrected chi connectivity index (χ3v) is 3.04. The highest BCUT2D eigenvalue weighted by molar-refractivity contribution is 7.80. The summed E-state index contributed by atoms with van der Waals surface area (Å²) in [4.78, 5) is 0. The average molecular weight is 265 g/mol. The SMILES string of the molecule is CCCCCCCCc1ccc(OC(N)=S)cc1. The summed E-state index contributed by atoms with van der Waals surface area (Å²) in [5.74, 6) is 0.717. The van der Waals surface area contributed by atoms with Crippen LogP contribution in [0.2, 0.25) is 0 Å². The number of aryl methyl sites for hydroxylation is 1. The van der Waals surface area contributed by atoms with Gasteiger partial charge in [0.2, 0.25) is 0 Å². The molecule has 1 rings (SSSR count). The Balaban J connectivity index is 2.20. The van der Waals surface area contributed by atoms with Gasteiger partial charge in [-0.1, -0.05) is 51.2 Å². The molecule has 0 fully saturated rings. The molecule has 0 aliphatic carbocycles. The number of hydrogen-bond donors (Lipinski definition) is 1. The van der Waals surface area contributed by atoms with Crippen LogP contribution in [0.4, 0.5) is 0 Å². The molecule has 0 unspecified atom stereocenters. The fraction of sp³-hybridized carbons (Fsp3) is 0.533. The molecule has 2 N–H and O–H groups in total. The van der Waals surface area contributed by atoms with Crippen LogP contribution in [0, 0.1) is 0 Å². The minimum Gasteiger partial charge on any atom is -0.432 e. The normalized spacial score (nSPS) is 10.3. The molecule has 0 amide bonds. The topological polar surface area (TPSA) is 35.2 Å². The van der Waals surface area contributed by atoms with Gasteiger partial charge in [-0.3, -0.25) is 0 Å². The zero-order chi connectivity index (χ0) is 13.2. The summed E-state index contributed by atoms with van der Waals surface area (Å²) < 4.78 is 5.15. The molecule has 0 aromatic heterocycles. The maximum Gasteiger partial charge on any atom is 0.259 e. The van der Waals surface area contributed by atoms with Gasteiger partial charge in [0, 0.05) is 0 Å². The van der Waals surface area contributed by atoms with Crippen molar-refractivity contribution in [1.29, 1.82) is 0 Å². The second kappa shape index (κ2) is 8.92. The maximum absolute atomic E-state index is 5.31. The number of benzene rings is 1. The van der Waals surface area contributed by atoms with Gasteiger partial charge < -0.3 is 10.5 Å². The zero-order valence-electron chi connectivity index (χ0n) is 11.2. The number of nitrogens with two attached hydrogens (primary N) is 1. The van der Waals surface area contributed by atoms with E-state index in [1.54, 1.807) is 0 Å². The van der Waals surface area contributed by atoms with Gasteiger partial charge in [-0.2, -0.15) is 0 Å². The van der Waals surface area contributed by atoms with Crippen molar-refractivity contribution in [2.24, 2.45) is 5.73 Å². The first kappa shape index (κ1) is 15.0. The highest BCUT2D eigenvalue weighted by Crippen LogP contribution is 2.15. The van der Waals surface area contributed by atoms with E-state index in [1.165, 1.54) is 44.1 Å². The predicted octanol–water partition coefficient (Wildman–Crippen LogP) is 4.21. The van der Waals surface area contributed by atoms with Crippen LogP contribution in [0.1, 0.15) is 51.0 Å². The Hall–Kier alpha value is -1.09. The molecule has 1 aromatic rings. The van der Waals surface area contributed by atoms with Crippen molar-refractivity contribution in [3.8, 4) is 5.75 Å². The Morgan fingerprint density at radius 3 is 2.28 bits per heavy atom. The van der Waals surface area contributed by atoms with Crippen LogP contribution in [0.15, 0.2) is 24.3 Å². The summed E-state index contributed by atoms with van der Waals surface area (Å²) in [6, 6.07) is 8.01. The van der Waals surface area contributed by atoms with E-state index >= 15 is 0 Å². The predicted molar refractivity (Wildman–Crippen MR) is 80.9 cm³/mol. The fourth-order valence-corrected chi connectivity index (χ4v) is 2.05. The van der Waals surface area contributed by atoms with Crippen molar-refractivity contribution in [2.75, 3.05) is 0 Å².